The number of nitrogens with one attached hydrogen (secondary N) is 2. The average Bonchev–Trinajstić information content (AvgIpc) is 3.18. The first-order valence-electron chi connectivity index (χ1n) is 7.17. The Balaban J connectivity index is 1.71. The van der Waals surface area contributed by atoms with Crippen LogP contribution in [0.25, 0.3) is 11.0 Å². The summed E-state index contributed by atoms with van der Waals surface area (Å²) in [4.78, 5) is 36.3. The number of hydrazine groups is 1. The molecule has 1 aromatic carbocycles. The first-order chi connectivity index (χ1) is 11.5. The molecular formula is C17H14N2O4S. The van der Waals surface area contributed by atoms with Gasteiger partial charge >= 0.3 is 5.91 Å². The Kier molecular flexibility index (Phi) is 4.18. The van der Waals surface area contributed by atoms with Crippen molar-refractivity contribution in [3.8, 4) is 0 Å². The van der Waals surface area contributed by atoms with Crippen LogP contribution in [0, 0.1) is 6.92 Å². The molecular weight excluding hydrogens is 328 g/mol. The predicted octanol–water partition coefficient (Wildman–Crippen LogP) is 3.08. The van der Waals surface area contributed by atoms with Crippen molar-refractivity contribution in [1.29, 1.82) is 0 Å². The second kappa shape index (κ2) is 6.29. The largest absolute Gasteiger partial charge is 0.451 e. The highest BCUT2D eigenvalue weighted by Crippen LogP contribution is 2.24. The van der Waals surface area contributed by atoms with E-state index in [-0.39, 0.29) is 11.5 Å². The van der Waals surface area contributed by atoms with Crippen LogP contribution >= 0.6 is 11.3 Å². The van der Waals surface area contributed by atoms with Gasteiger partial charge in [0.25, 0.3) is 5.91 Å². The van der Waals surface area contributed by atoms with Crippen molar-refractivity contribution in [3.63, 3.8) is 0 Å². The first-order valence-corrected chi connectivity index (χ1v) is 7.98. The molecule has 0 unspecified atom stereocenters. The number of furan rings is 1. The van der Waals surface area contributed by atoms with Gasteiger partial charge in [0, 0.05) is 10.9 Å². The molecule has 0 aliphatic rings. The van der Waals surface area contributed by atoms with Crippen LogP contribution in [-0.2, 0) is 0 Å². The number of hydrogen-bond donors (Lipinski definition) is 2. The molecule has 0 saturated heterocycles. The molecule has 2 aromatic heterocycles. The van der Waals surface area contributed by atoms with Crippen LogP contribution < -0.4 is 10.9 Å². The van der Waals surface area contributed by atoms with Crippen molar-refractivity contribution in [2.75, 3.05) is 0 Å². The molecule has 6 nitrogen and oxygen atoms in total. The number of Topliss-reactive ketones (excluding diaryl/α,β-unsaturated/α-hetero) is 1. The molecule has 0 bridgehead atoms. The number of aryl methyl sites for hydroxylation is 1. The number of fused-ring (bicyclic) bond motifs is 1. The van der Waals surface area contributed by atoms with E-state index in [4.69, 9.17) is 4.42 Å². The summed E-state index contributed by atoms with van der Waals surface area (Å²) in [5.74, 6) is -0.997. The van der Waals surface area contributed by atoms with Gasteiger partial charge in [-0.05, 0) is 32.0 Å². The zero-order chi connectivity index (χ0) is 17.3. The average molecular weight is 342 g/mol. The molecule has 24 heavy (non-hydrogen) atoms. The minimum absolute atomic E-state index is 0.110. The van der Waals surface area contributed by atoms with Crippen LogP contribution in [0.15, 0.2) is 40.8 Å². The number of para-hydroxylation sites is 1. The van der Waals surface area contributed by atoms with Gasteiger partial charge in [-0.1, -0.05) is 18.2 Å². The first kappa shape index (κ1) is 15.9. The number of ketones is 1. The van der Waals surface area contributed by atoms with Crippen molar-refractivity contribution in [3.05, 3.63) is 57.5 Å². The van der Waals surface area contributed by atoms with Crippen molar-refractivity contribution >= 4 is 39.9 Å². The van der Waals surface area contributed by atoms with Crippen molar-refractivity contribution < 1.29 is 18.8 Å². The highest BCUT2D eigenvalue weighted by molar-refractivity contribution is 7.15. The minimum atomic E-state index is -0.541. The molecule has 3 rings (SSSR count). The third-order valence-corrected chi connectivity index (χ3v) is 4.70. The van der Waals surface area contributed by atoms with Gasteiger partial charge in [-0.15, -0.1) is 11.3 Å². The summed E-state index contributed by atoms with van der Waals surface area (Å²) < 4.78 is 5.53. The van der Waals surface area contributed by atoms with Crippen molar-refractivity contribution in [1.82, 2.24) is 10.9 Å². The van der Waals surface area contributed by atoms with Gasteiger partial charge in [0.2, 0.25) is 0 Å². The molecule has 0 spiro atoms. The van der Waals surface area contributed by atoms with Crippen LogP contribution in [-0.4, -0.2) is 17.6 Å². The fourth-order valence-corrected chi connectivity index (χ4v) is 3.07. The van der Waals surface area contributed by atoms with E-state index in [9.17, 15) is 14.4 Å². The summed E-state index contributed by atoms with van der Waals surface area (Å²) in [6, 6.07) is 10.4. The highest BCUT2D eigenvalue weighted by atomic mass is 32.1. The lowest BCUT2D eigenvalue weighted by atomic mass is 10.1. The van der Waals surface area contributed by atoms with E-state index >= 15 is 0 Å². The third-order valence-electron chi connectivity index (χ3n) is 3.52. The summed E-state index contributed by atoms with van der Waals surface area (Å²) in [6.45, 7) is 3.21. The zero-order valence-electron chi connectivity index (χ0n) is 13.0. The number of hydrogen-bond acceptors (Lipinski definition) is 5. The number of carbonyl (C=O) groups excluding carboxylic acids is 3. The summed E-state index contributed by atoms with van der Waals surface area (Å²) >= 11 is 1.07. The highest BCUT2D eigenvalue weighted by Gasteiger charge is 2.18. The van der Waals surface area contributed by atoms with Gasteiger partial charge in [0.05, 0.1) is 9.75 Å². The number of carbonyl (C=O) groups is 3. The van der Waals surface area contributed by atoms with Crippen LogP contribution in [0.4, 0.5) is 0 Å². The second-order valence-corrected chi connectivity index (χ2v) is 6.26. The summed E-state index contributed by atoms with van der Waals surface area (Å²) in [6.07, 6.45) is 0. The molecule has 122 valence electrons. The molecule has 2 amide bonds. The summed E-state index contributed by atoms with van der Waals surface area (Å²) in [5.41, 5.74) is 5.96. The summed E-state index contributed by atoms with van der Waals surface area (Å²) in [7, 11) is 0. The second-order valence-electron chi connectivity index (χ2n) is 5.18. The maximum absolute atomic E-state index is 12.2. The molecule has 0 aliphatic carbocycles. The summed E-state index contributed by atoms with van der Waals surface area (Å²) in [5, 5.41) is 0.846. The third kappa shape index (κ3) is 2.93. The van der Waals surface area contributed by atoms with Crippen LogP contribution in [0.3, 0.4) is 0 Å². The lowest BCUT2D eigenvalue weighted by Gasteiger charge is -2.04. The fraction of sp³-hybridized carbons (Fsp3) is 0.118. The molecule has 3 aromatic rings. The van der Waals surface area contributed by atoms with Crippen LogP contribution in [0.2, 0.25) is 0 Å². The lowest BCUT2D eigenvalue weighted by molar-refractivity contribution is 0.0833. The molecule has 2 heterocycles. The number of amides is 2. The van der Waals surface area contributed by atoms with Gasteiger partial charge < -0.3 is 4.42 Å². The van der Waals surface area contributed by atoms with Crippen molar-refractivity contribution in [2.24, 2.45) is 0 Å². The topological polar surface area (TPSA) is 88.4 Å². The van der Waals surface area contributed by atoms with Crippen LogP contribution in [0.1, 0.15) is 42.4 Å². The normalized spacial score (nSPS) is 10.6. The number of thiophene rings is 1. The maximum atomic E-state index is 12.2. The van der Waals surface area contributed by atoms with Gasteiger partial charge in [0.15, 0.2) is 11.5 Å². The molecule has 0 aliphatic heterocycles. The minimum Gasteiger partial charge on any atom is -0.451 e. The predicted molar refractivity (Wildman–Crippen MR) is 90.2 cm³/mol. The van der Waals surface area contributed by atoms with Crippen molar-refractivity contribution in [2.45, 2.75) is 13.8 Å². The van der Waals surface area contributed by atoms with Gasteiger partial charge in [-0.2, -0.15) is 0 Å². The number of benzene rings is 1. The van der Waals surface area contributed by atoms with E-state index in [1.807, 2.05) is 18.2 Å². The standard InChI is InChI=1S/C17H14N2O4S/c1-9-11-5-3-4-6-12(11)23-15(9)17(22)19-18-16(21)14-8-7-13(24-14)10(2)20/h3-8H,1-2H3,(H,18,21)(H,19,22). The Morgan fingerprint density at radius 1 is 0.958 bits per heavy atom. The van der Waals surface area contributed by atoms with E-state index in [2.05, 4.69) is 10.9 Å². The molecule has 7 heteroatoms. The van der Waals surface area contributed by atoms with E-state index in [1.54, 1.807) is 19.1 Å². The Hall–Kier alpha value is -2.93. The Bertz CT molecular complexity index is 955. The monoisotopic (exact) mass is 342 g/mol. The Morgan fingerprint density at radius 3 is 2.29 bits per heavy atom. The fourth-order valence-electron chi connectivity index (χ4n) is 2.27. The van der Waals surface area contributed by atoms with E-state index in [0.717, 1.165) is 16.7 Å². The van der Waals surface area contributed by atoms with Gasteiger partial charge in [-0.25, -0.2) is 0 Å². The van der Waals surface area contributed by atoms with E-state index in [1.165, 1.54) is 13.0 Å². The van der Waals surface area contributed by atoms with E-state index in [0.29, 0.717) is 20.9 Å². The van der Waals surface area contributed by atoms with Gasteiger partial charge in [0.1, 0.15) is 5.58 Å². The number of rotatable bonds is 3. The lowest BCUT2D eigenvalue weighted by Crippen LogP contribution is -2.41. The Morgan fingerprint density at radius 2 is 1.62 bits per heavy atom. The van der Waals surface area contributed by atoms with Gasteiger partial charge in [-0.3, -0.25) is 25.2 Å². The quantitative estimate of drug-likeness (QED) is 0.565. The zero-order valence-corrected chi connectivity index (χ0v) is 13.8. The van der Waals surface area contributed by atoms with Crippen LogP contribution in [0.5, 0.6) is 0 Å². The van der Waals surface area contributed by atoms with E-state index < -0.39 is 11.8 Å². The molecule has 0 atom stereocenters. The SMILES string of the molecule is CC(=O)c1ccc(C(=O)NNC(=O)c2oc3ccccc3c2C)s1. The molecule has 2 N–H and O–H groups in total. The maximum Gasteiger partial charge on any atom is 0.305 e. The smallest absolute Gasteiger partial charge is 0.305 e. The molecule has 0 saturated carbocycles. The molecule has 0 fully saturated rings. The Labute approximate surface area is 141 Å². The molecule has 0 radical (unpaired) electrons.